The van der Waals surface area contributed by atoms with Gasteiger partial charge in [0.05, 0.1) is 26.4 Å². The molecule has 0 spiro atoms. The van der Waals surface area contributed by atoms with Crippen LogP contribution in [-0.4, -0.2) is 96.7 Å². The van der Waals surface area contributed by atoms with Crippen molar-refractivity contribution in [2.45, 2.75) is 343 Å². The fourth-order valence-electron chi connectivity index (χ4n) is 10.0. The van der Waals surface area contributed by atoms with Crippen molar-refractivity contribution in [3.63, 3.8) is 0 Å². The minimum Gasteiger partial charge on any atom is -0.462 e. The summed E-state index contributed by atoms with van der Waals surface area (Å²) in [6.07, 6.45) is 46.9. The molecule has 0 fully saturated rings. The van der Waals surface area contributed by atoms with Crippen LogP contribution in [0.5, 0.6) is 0 Å². The van der Waals surface area contributed by atoms with Crippen LogP contribution in [0.15, 0.2) is 24.3 Å². The molecule has 0 aliphatic rings. The second-order valence-electron chi connectivity index (χ2n) is 26.0. The van der Waals surface area contributed by atoms with Gasteiger partial charge in [-0.15, -0.1) is 0 Å². The predicted octanol–water partition coefficient (Wildman–Crippen LogP) is 19.4. The largest absolute Gasteiger partial charge is 0.472 e. The third-order valence-electron chi connectivity index (χ3n) is 15.5. The van der Waals surface area contributed by atoms with Crippen molar-refractivity contribution in [2.24, 2.45) is 17.8 Å². The third-order valence-corrected chi connectivity index (χ3v) is 17.4. The van der Waals surface area contributed by atoms with E-state index in [1.54, 1.807) is 0 Å². The lowest BCUT2D eigenvalue weighted by atomic mass is 10.0. The molecule has 0 radical (unpaired) electrons. The number of ether oxygens (including phenoxy) is 4. The van der Waals surface area contributed by atoms with Crippen molar-refractivity contribution in [3.8, 4) is 0 Å². The third kappa shape index (κ3) is 64.1. The fourth-order valence-corrected chi connectivity index (χ4v) is 11.6. The normalized spacial score (nSPS) is 14.4. The summed E-state index contributed by atoms with van der Waals surface area (Å²) in [5, 5.41) is 10.6. The Morgan fingerprint density at radius 2 is 0.607 bits per heavy atom. The molecule has 5 atom stereocenters. The molecule has 524 valence electrons. The number of phosphoric ester groups is 2. The number of carbonyl (C=O) groups excluding carboxylic acids is 4. The van der Waals surface area contributed by atoms with Crippen LogP contribution in [0.3, 0.4) is 0 Å². The molecule has 0 amide bonds. The van der Waals surface area contributed by atoms with Gasteiger partial charge in [-0.1, -0.05) is 272 Å². The standard InChI is InChI=1S/C70H132O17P2/c1-8-9-10-11-12-13-14-15-16-17-20-24-31-39-46-53-69(74)86-65(57-80-67(72)51-44-37-29-23-21-18-19-22-27-34-41-48-61(2)3)59-84-88(76,77)82-55-64(71)56-83-89(78,79)85-60-66(87-70(75)54-47-40-33-32-36-43-50-63(6)7)58-81-68(73)52-45-38-30-26-25-28-35-42-49-62(4)5/h13-16,61-66,71H,8-12,17-60H2,1-7H3,(H,76,77)(H,78,79)/b14-13-,16-15-/t64?,65-,66-/m1/s1. The number of aliphatic hydroxyl groups is 1. The van der Waals surface area contributed by atoms with Crippen LogP contribution < -0.4 is 0 Å². The molecule has 3 unspecified atom stereocenters. The number of unbranched alkanes of at least 4 members (excludes halogenated alkanes) is 31. The first kappa shape index (κ1) is 86.5. The summed E-state index contributed by atoms with van der Waals surface area (Å²) in [4.78, 5) is 72.5. The van der Waals surface area contributed by atoms with Crippen molar-refractivity contribution >= 4 is 39.5 Å². The summed E-state index contributed by atoms with van der Waals surface area (Å²) < 4.78 is 68.2. The number of aliphatic hydroxyl groups excluding tert-OH is 1. The molecule has 0 saturated carbocycles. The Labute approximate surface area is 542 Å². The number of hydrogen-bond donors (Lipinski definition) is 3. The summed E-state index contributed by atoms with van der Waals surface area (Å²) in [5.41, 5.74) is 0. The van der Waals surface area contributed by atoms with E-state index in [1.807, 2.05) is 0 Å². The molecule has 0 bridgehead atoms. The number of esters is 4. The van der Waals surface area contributed by atoms with Crippen LogP contribution in [0.25, 0.3) is 0 Å². The molecule has 0 rings (SSSR count). The lowest BCUT2D eigenvalue weighted by Crippen LogP contribution is -2.30. The first-order chi connectivity index (χ1) is 42.7. The zero-order valence-electron chi connectivity index (χ0n) is 57.4. The molecule has 89 heavy (non-hydrogen) atoms. The Bertz CT molecular complexity index is 1840. The number of phosphoric acid groups is 2. The van der Waals surface area contributed by atoms with Gasteiger partial charge in [0.1, 0.15) is 19.3 Å². The van der Waals surface area contributed by atoms with E-state index in [1.165, 1.54) is 122 Å². The molecule has 17 nitrogen and oxygen atoms in total. The maximum absolute atomic E-state index is 13.0. The summed E-state index contributed by atoms with van der Waals surface area (Å²) >= 11 is 0. The molecule has 0 aromatic heterocycles. The van der Waals surface area contributed by atoms with E-state index in [9.17, 15) is 43.2 Å². The maximum Gasteiger partial charge on any atom is 0.472 e. The Hall–Kier alpha value is -2.46. The van der Waals surface area contributed by atoms with Gasteiger partial charge in [0.15, 0.2) is 12.2 Å². The topological polar surface area (TPSA) is 237 Å². The van der Waals surface area contributed by atoms with Crippen LogP contribution in [0.4, 0.5) is 0 Å². The van der Waals surface area contributed by atoms with E-state index in [2.05, 4.69) is 72.8 Å². The van der Waals surface area contributed by atoms with E-state index < -0.39 is 97.5 Å². The van der Waals surface area contributed by atoms with Gasteiger partial charge in [0.2, 0.25) is 0 Å². The molecule has 0 heterocycles. The Morgan fingerprint density at radius 3 is 0.910 bits per heavy atom. The monoisotopic (exact) mass is 1310 g/mol. The fraction of sp³-hybridized carbons (Fsp3) is 0.886. The molecule has 0 aromatic rings. The number of hydrogen-bond acceptors (Lipinski definition) is 15. The van der Waals surface area contributed by atoms with Gasteiger partial charge in [-0.25, -0.2) is 9.13 Å². The quantitative estimate of drug-likeness (QED) is 0.0169. The van der Waals surface area contributed by atoms with Gasteiger partial charge in [-0.05, 0) is 69.1 Å². The summed E-state index contributed by atoms with van der Waals surface area (Å²) in [5.74, 6) is -0.00113. The molecule has 3 N–H and O–H groups in total. The van der Waals surface area contributed by atoms with E-state index in [4.69, 9.17) is 37.0 Å². The van der Waals surface area contributed by atoms with Crippen molar-refractivity contribution < 1.29 is 80.2 Å². The number of carbonyl (C=O) groups is 4. The number of rotatable bonds is 66. The highest BCUT2D eigenvalue weighted by Gasteiger charge is 2.30. The van der Waals surface area contributed by atoms with Gasteiger partial charge in [0, 0.05) is 25.7 Å². The minimum atomic E-state index is -4.96. The van der Waals surface area contributed by atoms with Crippen LogP contribution >= 0.6 is 15.6 Å². The first-order valence-corrected chi connectivity index (χ1v) is 38.7. The molecule has 0 aliphatic heterocycles. The lowest BCUT2D eigenvalue weighted by molar-refractivity contribution is -0.161. The average Bonchev–Trinajstić information content (AvgIpc) is 3.70. The summed E-state index contributed by atoms with van der Waals surface area (Å²) in [6.45, 7) is 11.6. The van der Waals surface area contributed by atoms with E-state index in [0.29, 0.717) is 31.6 Å². The molecular weight excluding hydrogens is 1170 g/mol. The van der Waals surface area contributed by atoms with Crippen molar-refractivity contribution in [1.82, 2.24) is 0 Å². The molecular formula is C70H132O17P2. The van der Waals surface area contributed by atoms with E-state index in [-0.39, 0.29) is 25.7 Å². The smallest absolute Gasteiger partial charge is 0.462 e. The zero-order valence-corrected chi connectivity index (χ0v) is 59.2. The van der Waals surface area contributed by atoms with Crippen molar-refractivity contribution in [3.05, 3.63) is 24.3 Å². The minimum absolute atomic E-state index is 0.0843. The van der Waals surface area contributed by atoms with Gasteiger partial charge < -0.3 is 33.8 Å². The highest BCUT2D eigenvalue weighted by atomic mass is 31.2. The van der Waals surface area contributed by atoms with Gasteiger partial charge in [-0.2, -0.15) is 0 Å². The Morgan fingerprint density at radius 1 is 0.348 bits per heavy atom. The van der Waals surface area contributed by atoms with Crippen LogP contribution in [0.2, 0.25) is 0 Å². The molecule has 0 saturated heterocycles. The second-order valence-corrected chi connectivity index (χ2v) is 28.9. The SMILES string of the molecule is CCCCCC/C=C\C=C/CCCCCCCC(=O)O[C@H](COC(=O)CCCCCCCCCCCCCC(C)C)COP(=O)(O)OCC(O)COP(=O)(O)OC[C@@H](COC(=O)CCCCCCCCCCC(C)C)OC(=O)CCCCCCCCC(C)C. The highest BCUT2D eigenvalue weighted by molar-refractivity contribution is 7.47. The van der Waals surface area contributed by atoms with Crippen LogP contribution in [0, 0.1) is 17.8 Å². The van der Waals surface area contributed by atoms with Crippen LogP contribution in [-0.2, 0) is 65.4 Å². The second kappa shape index (κ2) is 60.5. The van der Waals surface area contributed by atoms with Crippen molar-refractivity contribution in [1.29, 1.82) is 0 Å². The highest BCUT2D eigenvalue weighted by Crippen LogP contribution is 2.45. The maximum atomic E-state index is 13.0. The summed E-state index contributed by atoms with van der Waals surface area (Å²) in [7, 11) is -9.91. The van der Waals surface area contributed by atoms with Gasteiger partial charge in [0.25, 0.3) is 0 Å². The number of allylic oxidation sites excluding steroid dienone is 4. The molecule has 0 aromatic carbocycles. The van der Waals surface area contributed by atoms with E-state index >= 15 is 0 Å². The Balaban J connectivity index is 5.28. The first-order valence-electron chi connectivity index (χ1n) is 35.7. The molecule has 0 aliphatic carbocycles. The lowest BCUT2D eigenvalue weighted by Gasteiger charge is -2.21. The molecule has 19 heteroatoms. The average molecular weight is 1310 g/mol. The Kier molecular flexibility index (Phi) is 58.8. The van der Waals surface area contributed by atoms with Crippen molar-refractivity contribution in [2.75, 3.05) is 39.6 Å². The zero-order chi connectivity index (χ0) is 65.9. The van der Waals surface area contributed by atoms with E-state index in [0.717, 1.165) is 115 Å². The van der Waals surface area contributed by atoms with Crippen LogP contribution in [0.1, 0.15) is 325 Å². The predicted molar refractivity (Wildman–Crippen MR) is 358 cm³/mol. The van der Waals surface area contributed by atoms with Gasteiger partial charge >= 0.3 is 39.5 Å². The van der Waals surface area contributed by atoms with Gasteiger partial charge in [-0.3, -0.25) is 37.3 Å². The summed E-state index contributed by atoms with van der Waals surface area (Å²) in [6, 6.07) is 0.